The van der Waals surface area contributed by atoms with Crippen LogP contribution >= 0.6 is 0 Å². The highest BCUT2D eigenvalue weighted by molar-refractivity contribution is 5.93. The lowest BCUT2D eigenvalue weighted by molar-refractivity contribution is 0.192. The summed E-state index contributed by atoms with van der Waals surface area (Å²) in [5.41, 5.74) is 10.0. The van der Waals surface area contributed by atoms with Gasteiger partial charge in [-0.15, -0.1) is 0 Å². The zero-order chi connectivity index (χ0) is 22.2. The first-order valence-corrected chi connectivity index (χ1v) is 11.2. The highest BCUT2D eigenvalue weighted by atomic mass is 16.5. The lowest BCUT2D eigenvalue weighted by Gasteiger charge is -2.36. The molecule has 2 N–H and O–H groups in total. The van der Waals surface area contributed by atoms with Crippen LogP contribution in [0.3, 0.4) is 0 Å². The van der Waals surface area contributed by atoms with E-state index in [1.165, 1.54) is 5.56 Å². The normalized spacial score (nSPS) is 14.1. The van der Waals surface area contributed by atoms with Crippen molar-refractivity contribution in [2.75, 3.05) is 31.7 Å². The summed E-state index contributed by atoms with van der Waals surface area (Å²) in [5.74, 6) is 1.38. The van der Waals surface area contributed by atoms with E-state index in [2.05, 4.69) is 26.0 Å². The van der Waals surface area contributed by atoms with E-state index in [1.54, 1.807) is 7.11 Å². The smallest absolute Gasteiger partial charge is 0.324 e. The van der Waals surface area contributed by atoms with Gasteiger partial charge in [0.2, 0.25) is 0 Å². The molecule has 31 heavy (non-hydrogen) atoms. The molecule has 2 amide bonds. The number of rotatable bonds is 10. The molecule has 1 heterocycles. The summed E-state index contributed by atoms with van der Waals surface area (Å²) in [6, 6.07) is 12.0. The topological polar surface area (TPSA) is 68.0 Å². The number of aryl methyl sites for hydroxylation is 1. The molecule has 0 atom stereocenters. The molecule has 6 nitrogen and oxygen atoms in total. The average Bonchev–Trinajstić information content (AvgIpc) is 2.79. The summed E-state index contributed by atoms with van der Waals surface area (Å²) in [4.78, 5) is 17.0. The molecule has 6 heteroatoms. The molecule has 3 rings (SSSR count). The van der Waals surface area contributed by atoms with Crippen molar-refractivity contribution in [3.05, 3.63) is 53.1 Å². The van der Waals surface area contributed by atoms with E-state index >= 15 is 0 Å². The zero-order valence-electron chi connectivity index (χ0n) is 19.0. The lowest BCUT2D eigenvalue weighted by Crippen LogP contribution is -2.49. The molecule has 0 aliphatic carbocycles. The Morgan fingerprint density at radius 2 is 1.90 bits per heavy atom. The van der Waals surface area contributed by atoms with Gasteiger partial charge < -0.3 is 20.1 Å². The molecule has 0 saturated carbocycles. The SMILES string of the molecule is CCCCCOc1cc(N2CCCN(Cc3ccc(CN)cc3C)C2=O)ccc1OC. The summed E-state index contributed by atoms with van der Waals surface area (Å²) >= 11 is 0. The third-order valence-electron chi connectivity index (χ3n) is 5.78. The van der Waals surface area contributed by atoms with Gasteiger partial charge in [-0.25, -0.2) is 4.79 Å². The Bertz CT molecular complexity index is 884. The van der Waals surface area contributed by atoms with Gasteiger partial charge in [0.25, 0.3) is 0 Å². The second-order valence-corrected chi connectivity index (χ2v) is 8.07. The fourth-order valence-electron chi connectivity index (χ4n) is 3.92. The Morgan fingerprint density at radius 1 is 1.06 bits per heavy atom. The average molecular weight is 426 g/mol. The summed E-state index contributed by atoms with van der Waals surface area (Å²) in [5, 5.41) is 0. The van der Waals surface area contributed by atoms with Crippen molar-refractivity contribution >= 4 is 11.7 Å². The molecule has 168 valence electrons. The van der Waals surface area contributed by atoms with Crippen molar-refractivity contribution in [1.82, 2.24) is 4.90 Å². The number of unbranched alkanes of at least 4 members (excludes halogenated alkanes) is 2. The lowest BCUT2D eigenvalue weighted by atomic mass is 10.0. The second kappa shape index (κ2) is 11.0. The molecule has 2 aromatic carbocycles. The van der Waals surface area contributed by atoms with Crippen LogP contribution in [0.1, 0.15) is 49.3 Å². The zero-order valence-corrected chi connectivity index (χ0v) is 19.0. The van der Waals surface area contributed by atoms with Gasteiger partial charge in [-0.05, 0) is 48.6 Å². The molecule has 0 bridgehead atoms. The fraction of sp³-hybridized carbons (Fsp3) is 0.480. The number of amides is 2. The molecule has 0 unspecified atom stereocenters. The predicted octanol–water partition coefficient (Wildman–Crippen LogP) is 4.86. The summed E-state index contributed by atoms with van der Waals surface area (Å²) < 4.78 is 11.4. The number of benzene rings is 2. The van der Waals surface area contributed by atoms with Gasteiger partial charge in [-0.3, -0.25) is 4.90 Å². The van der Waals surface area contributed by atoms with E-state index in [4.69, 9.17) is 15.2 Å². The third-order valence-corrected chi connectivity index (χ3v) is 5.78. The molecular weight excluding hydrogens is 390 g/mol. The first kappa shape index (κ1) is 22.9. The first-order chi connectivity index (χ1) is 15.1. The predicted molar refractivity (Wildman–Crippen MR) is 125 cm³/mol. The molecule has 1 saturated heterocycles. The number of nitrogens with two attached hydrogens (primary N) is 1. The van der Waals surface area contributed by atoms with Crippen molar-refractivity contribution in [2.24, 2.45) is 5.73 Å². The Hall–Kier alpha value is -2.73. The van der Waals surface area contributed by atoms with E-state index in [1.807, 2.05) is 34.1 Å². The second-order valence-electron chi connectivity index (χ2n) is 8.07. The number of ether oxygens (including phenoxy) is 2. The molecular formula is C25H35N3O3. The Balaban J connectivity index is 1.74. The number of carbonyl (C=O) groups is 1. The van der Waals surface area contributed by atoms with Crippen molar-refractivity contribution in [1.29, 1.82) is 0 Å². The standard InChI is InChI=1S/C25H35N3O3/c1-4-5-6-14-31-24-16-22(10-11-23(24)30-3)28-13-7-12-27(25(28)29)18-21-9-8-20(17-26)15-19(21)2/h8-11,15-16H,4-7,12-14,17-18,26H2,1-3H3. The third kappa shape index (κ3) is 5.70. The van der Waals surface area contributed by atoms with Crippen LogP contribution in [0.4, 0.5) is 10.5 Å². The van der Waals surface area contributed by atoms with Crippen LogP contribution in [0, 0.1) is 6.92 Å². The van der Waals surface area contributed by atoms with Crippen LogP contribution in [-0.2, 0) is 13.1 Å². The molecule has 0 radical (unpaired) electrons. The van der Waals surface area contributed by atoms with Gasteiger partial charge in [-0.1, -0.05) is 38.0 Å². The Kier molecular flexibility index (Phi) is 8.18. The van der Waals surface area contributed by atoms with Crippen LogP contribution in [-0.4, -0.2) is 37.7 Å². The van der Waals surface area contributed by atoms with Crippen LogP contribution in [0.25, 0.3) is 0 Å². The van der Waals surface area contributed by atoms with E-state index < -0.39 is 0 Å². The fourth-order valence-corrected chi connectivity index (χ4v) is 3.92. The molecule has 1 aliphatic rings. The van der Waals surface area contributed by atoms with Crippen LogP contribution in [0.2, 0.25) is 0 Å². The van der Waals surface area contributed by atoms with Crippen molar-refractivity contribution in [3.8, 4) is 11.5 Å². The van der Waals surface area contributed by atoms with Gasteiger partial charge in [0.05, 0.1) is 13.7 Å². The maximum absolute atomic E-state index is 13.3. The van der Waals surface area contributed by atoms with E-state index in [0.717, 1.165) is 49.0 Å². The van der Waals surface area contributed by atoms with Crippen molar-refractivity contribution in [2.45, 2.75) is 52.6 Å². The highest BCUT2D eigenvalue weighted by Gasteiger charge is 2.27. The minimum atomic E-state index is 0.0238. The Morgan fingerprint density at radius 3 is 2.61 bits per heavy atom. The summed E-state index contributed by atoms with van der Waals surface area (Å²) in [7, 11) is 1.64. The van der Waals surface area contributed by atoms with Gasteiger partial charge in [-0.2, -0.15) is 0 Å². The number of hydrogen-bond donors (Lipinski definition) is 1. The molecule has 1 aliphatic heterocycles. The number of carbonyl (C=O) groups excluding carboxylic acids is 1. The number of anilines is 1. The maximum atomic E-state index is 13.3. The number of methoxy groups -OCH3 is 1. The van der Waals surface area contributed by atoms with Crippen LogP contribution in [0.5, 0.6) is 11.5 Å². The van der Waals surface area contributed by atoms with Crippen molar-refractivity contribution in [3.63, 3.8) is 0 Å². The van der Waals surface area contributed by atoms with Gasteiger partial charge >= 0.3 is 6.03 Å². The van der Waals surface area contributed by atoms with Crippen LogP contribution < -0.4 is 20.1 Å². The van der Waals surface area contributed by atoms with Gasteiger partial charge in [0.1, 0.15) is 0 Å². The number of urea groups is 1. The molecule has 0 spiro atoms. The van der Waals surface area contributed by atoms with Gasteiger partial charge in [0, 0.05) is 37.9 Å². The Labute approximate surface area is 185 Å². The molecule has 0 aromatic heterocycles. The highest BCUT2D eigenvalue weighted by Crippen LogP contribution is 2.33. The number of hydrogen-bond acceptors (Lipinski definition) is 4. The summed E-state index contributed by atoms with van der Waals surface area (Å²) in [6.07, 6.45) is 4.20. The minimum absolute atomic E-state index is 0.0238. The van der Waals surface area contributed by atoms with E-state index in [0.29, 0.717) is 37.7 Å². The molecule has 2 aromatic rings. The molecule has 1 fully saturated rings. The van der Waals surface area contributed by atoms with Crippen molar-refractivity contribution < 1.29 is 14.3 Å². The minimum Gasteiger partial charge on any atom is -0.493 e. The summed E-state index contributed by atoms with van der Waals surface area (Å²) in [6.45, 7) is 7.47. The first-order valence-electron chi connectivity index (χ1n) is 11.2. The number of nitrogens with zero attached hydrogens (tertiary/aromatic N) is 2. The largest absolute Gasteiger partial charge is 0.493 e. The van der Waals surface area contributed by atoms with E-state index in [9.17, 15) is 4.79 Å². The monoisotopic (exact) mass is 425 g/mol. The van der Waals surface area contributed by atoms with Crippen LogP contribution in [0.15, 0.2) is 36.4 Å². The quantitative estimate of drug-likeness (QED) is 0.552. The van der Waals surface area contributed by atoms with Gasteiger partial charge in [0.15, 0.2) is 11.5 Å². The van der Waals surface area contributed by atoms with E-state index in [-0.39, 0.29) is 6.03 Å². The maximum Gasteiger partial charge on any atom is 0.324 e.